The van der Waals surface area contributed by atoms with Crippen molar-refractivity contribution < 1.29 is 28.3 Å². The van der Waals surface area contributed by atoms with Gasteiger partial charge in [0, 0.05) is 6.42 Å². The quantitative estimate of drug-likeness (QED) is 0.356. The van der Waals surface area contributed by atoms with Crippen LogP contribution in [0.3, 0.4) is 0 Å². The van der Waals surface area contributed by atoms with Crippen LogP contribution >= 0.6 is 0 Å². The summed E-state index contributed by atoms with van der Waals surface area (Å²) in [6.45, 7) is 0. The standard InChI is InChI=1S/C26H19FN2O5/c1-34-25(32)18-10-12-20(13-11-18)29-24(31)21(23(30)28-26(29)33)15-17-8-6-16(7-9-17)14-19-4-2-3-5-22(19)27/h2-13,15H,14H2,1H3,(H,28,30,33)/b21-15+. The predicted molar refractivity (Wildman–Crippen MR) is 122 cm³/mol. The van der Waals surface area contributed by atoms with Crippen molar-refractivity contribution in [2.45, 2.75) is 6.42 Å². The minimum Gasteiger partial charge on any atom is -0.465 e. The lowest BCUT2D eigenvalue weighted by molar-refractivity contribution is -0.122. The highest BCUT2D eigenvalue weighted by Gasteiger charge is 2.36. The van der Waals surface area contributed by atoms with E-state index in [0.29, 0.717) is 17.5 Å². The molecule has 1 N–H and O–H groups in total. The smallest absolute Gasteiger partial charge is 0.337 e. The first kappa shape index (κ1) is 22.6. The maximum atomic E-state index is 13.9. The first-order valence-corrected chi connectivity index (χ1v) is 10.3. The average Bonchev–Trinajstić information content (AvgIpc) is 2.84. The van der Waals surface area contributed by atoms with Crippen LogP contribution in [0.5, 0.6) is 0 Å². The number of amides is 4. The molecule has 1 aliphatic heterocycles. The molecule has 34 heavy (non-hydrogen) atoms. The van der Waals surface area contributed by atoms with Gasteiger partial charge in [0.05, 0.1) is 18.4 Å². The highest BCUT2D eigenvalue weighted by Crippen LogP contribution is 2.23. The number of ether oxygens (including phenoxy) is 1. The van der Waals surface area contributed by atoms with Gasteiger partial charge in [-0.1, -0.05) is 42.5 Å². The number of methoxy groups -OCH3 is 1. The lowest BCUT2D eigenvalue weighted by atomic mass is 10.0. The molecule has 0 bridgehead atoms. The van der Waals surface area contributed by atoms with Crippen molar-refractivity contribution in [3.8, 4) is 0 Å². The molecule has 1 heterocycles. The van der Waals surface area contributed by atoms with Gasteiger partial charge in [-0.05, 0) is 53.1 Å². The van der Waals surface area contributed by atoms with E-state index in [-0.39, 0.29) is 22.6 Å². The molecule has 0 spiro atoms. The summed E-state index contributed by atoms with van der Waals surface area (Å²) < 4.78 is 18.5. The Balaban J connectivity index is 1.57. The number of anilines is 1. The second-order valence-corrected chi connectivity index (χ2v) is 7.51. The van der Waals surface area contributed by atoms with E-state index in [0.717, 1.165) is 10.5 Å². The van der Waals surface area contributed by atoms with Crippen molar-refractivity contribution in [2.24, 2.45) is 0 Å². The second kappa shape index (κ2) is 9.50. The fourth-order valence-corrected chi connectivity index (χ4v) is 3.52. The Kier molecular flexibility index (Phi) is 6.31. The SMILES string of the molecule is COC(=O)c1ccc(N2C(=O)NC(=O)/C(=C\c3ccc(Cc4ccccc4F)cc3)C2=O)cc1. The molecule has 1 fully saturated rings. The molecule has 3 aromatic carbocycles. The highest BCUT2D eigenvalue weighted by atomic mass is 19.1. The maximum Gasteiger partial charge on any atom is 0.337 e. The van der Waals surface area contributed by atoms with Crippen molar-refractivity contribution in [1.29, 1.82) is 0 Å². The van der Waals surface area contributed by atoms with Crippen LogP contribution in [0.15, 0.2) is 78.4 Å². The number of carbonyl (C=O) groups is 4. The molecule has 8 heteroatoms. The number of nitrogens with one attached hydrogen (secondary N) is 1. The second-order valence-electron chi connectivity index (χ2n) is 7.51. The molecule has 0 aromatic heterocycles. The first-order valence-electron chi connectivity index (χ1n) is 10.3. The van der Waals surface area contributed by atoms with Crippen molar-refractivity contribution >= 4 is 35.6 Å². The summed E-state index contributed by atoms with van der Waals surface area (Å²) in [5.74, 6) is -2.46. The number of esters is 1. The van der Waals surface area contributed by atoms with E-state index >= 15 is 0 Å². The van der Waals surface area contributed by atoms with Crippen LogP contribution in [-0.4, -0.2) is 30.9 Å². The van der Waals surface area contributed by atoms with Gasteiger partial charge in [-0.2, -0.15) is 0 Å². The van der Waals surface area contributed by atoms with Crippen LogP contribution in [0.4, 0.5) is 14.9 Å². The van der Waals surface area contributed by atoms with Gasteiger partial charge >= 0.3 is 12.0 Å². The predicted octanol–water partition coefficient (Wildman–Crippen LogP) is 3.87. The summed E-state index contributed by atoms with van der Waals surface area (Å²) in [7, 11) is 1.24. The zero-order valence-corrected chi connectivity index (χ0v) is 18.1. The minimum absolute atomic E-state index is 0.189. The van der Waals surface area contributed by atoms with E-state index in [1.165, 1.54) is 43.5 Å². The molecule has 170 valence electrons. The third kappa shape index (κ3) is 4.61. The summed E-state index contributed by atoms with van der Waals surface area (Å²) in [5.41, 5.74) is 2.19. The molecular weight excluding hydrogens is 439 g/mol. The van der Waals surface area contributed by atoms with Gasteiger partial charge in [0.25, 0.3) is 11.8 Å². The van der Waals surface area contributed by atoms with Gasteiger partial charge in [0.15, 0.2) is 0 Å². The Morgan fingerprint density at radius 1 is 0.971 bits per heavy atom. The molecule has 3 aromatic rings. The number of carbonyl (C=O) groups excluding carboxylic acids is 4. The van der Waals surface area contributed by atoms with Crippen LogP contribution in [0.1, 0.15) is 27.0 Å². The summed E-state index contributed by atoms with van der Waals surface area (Å²) in [4.78, 5) is 50.2. The van der Waals surface area contributed by atoms with E-state index < -0.39 is 23.8 Å². The minimum atomic E-state index is -0.891. The molecule has 0 atom stereocenters. The summed E-state index contributed by atoms with van der Waals surface area (Å²) in [6.07, 6.45) is 1.78. The van der Waals surface area contributed by atoms with Gasteiger partial charge in [-0.15, -0.1) is 0 Å². The van der Waals surface area contributed by atoms with Crippen LogP contribution in [0, 0.1) is 5.82 Å². The summed E-state index contributed by atoms with van der Waals surface area (Å²) in [5, 5.41) is 2.15. The molecule has 0 aliphatic carbocycles. The summed E-state index contributed by atoms with van der Waals surface area (Å²) >= 11 is 0. The van der Waals surface area contributed by atoms with Crippen LogP contribution in [0.2, 0.25) is 0 Å². The Hall–Kier alpha value is -4.59. The average molecular weight is 458 g/mol. The lowest BCUT2D eigenvalue weighted by Crippen LogP contribution is -2.54. The van der Waals surface area contributed by atoms with E-state index in [4.69, 9.17) is 0 Å². The normalized spacial score (nSPS) is 14.8. The van der Waals surface area contributed by atoms with Crippen molar-refractivity contribution in [1.82, 2.24) is 5.32 Å². The van der Waals surface area contributed by atoms with Crippen molar-refractivity contribution in [2.75, 3.05) is 12.0 Å². The zero-order valence-electron chi connectivity index (χ0n) is 18.1. The third-order valence-electron chi connectivity index (χ3n) is 5.29. The number of hydrogen-bond acceptors (Lipinski definition) is 5. The topological polar surface area (TPSA) is 92.8 Å². The summed E-state index contributed by atoms with van der Waals surface area (Å²) in [6, 6.07) is 18.2. The largest absolute Gasteiger partial charge is 0.465 e. The monoisotopic (exact) mass is 458 g/mol. The van der Waals surface area contributed by atoms with E-state index in [1.807, 2.05) is 0 Å². The number of benzene rings is 3. The van der Waals surface area contributed by atoms with Crippen LogP contribution in [-0.2, 0) is 20.7 Å². The molecule has 4 rings (SSSR count). The molecule has 0 saturated carbocycles. The Morgan fingerprint density at radius 3 is 2.29 bits per heavy atom. The van der Waals surface area contributed by atoms with Gasteiger partial charge < -0.3 is 4.74 Å². The molecule has 7 nitrogen and oxygen atoms in total. The van der Waals surface area contributed by atoms with Gasteiger partial charge in [-0.3, -0.25) is 14.9 Å². The Bertz CT molecular complexity index is 1310. The zero-order chi connectivity index (χ0) is 24.2. The number of nitrogens with zero attached hydrogens (tertiary/aromatic N) is 1. The number of barbiturate groups is 1. The number of hydrogen-bond donors (Lipinski definition) is 1. The molecule has 1 saturated heterocycles. The third-order valence-corrected chi connectivity index (χ3v) is 5.29. The van der Waals surface area contributed by atoms with E-state index in [2.05, 4.69) is 10.1 Å². The van der Waals surface area contributed by atoms with E-state index in [9.17, 15) is 23.6 Å². The van der Waals surface area contributed by atoms with Gasteiger partial charge in [-0.25, -0.2) is 18.9 Å². The maximum absolute atomic E-state index is 13.9. The number of rotatable bonds is 5. The number of imide groups is 2. The fourth-order valence-electron chi connectivity index (χ4n) is 3.52. The number of halogens is 1. The number of urea groups is 1. The first-order chi connectivity index (χ1) is 16.4. The Labute approximate surface area is 194 Å². The molecule has 0 unspecified atom stereocenters. The van der Waals surface area contributed by atoms with E-state index in [1.54, 1.807) is 42.5 Å². The highest BCUT2D eigenvalue weighted by molar-refractivity contribution is 6.39. The molecular formula is C26H19FN2O5. The fraction of sp³-hybridized carbons (Fsp3) is 0.0769. The van der Waals surface area contributed by atoms with Gasteiger partial charge in [0.1, 0.15) is 11.4 Å². The van der Waals surface area contributed by atoms with Crippen LogP contribution < -0.4 is 10.2 Å². The van der Waals surface area contributed by atoms with Crippen LogP contribution in [0.25, 0.3) is 6.08 Å². The van der Waals surface area contributed by atoms with Crippen molar-refractivity contribution in [3.05, 3.63) is 106 Å². The molecule has 4 amide bonds. The van der Waals surface area contributed by atoms with Crippen molar-refractivity contribution in [3.63, 3.8) is 0 Å². The Morgan fingerprint density at radius 2 is 1.65 bits per heavy atom. The lowest BCUT2D eigenvalue weighted by Gasteiger charge is -2.26. The molecule has 1 aliphatic rings. The van der Waals surface area contributed by atoms with Gasteiger partial charge in [0.2, 0.25) is 0 Å². The molecule has 0 radical (unpaired) electrons.